The maximum absolute atomic E-state index is 14.7. The first-order chi connectivity index (χ1) is 12.6. The Morgan fingerprint density at radius 3 is 2.65 bits per heavy atom. The van der Waals surface area contributed by atoms with Gasteiger partial charge in [0.15, 0.2) is 4.77 Å². The van der Waals surface area contributed by atoms with Gasteiger partial charge in [0.1, 0.15) is 17.3 Å². The van der Waals surface area contributed by atoms with Gasteiger partial charge in [0.2, 0.25) is 5.88 Å². The van der Waals surface area contributed by atoms with Crippen LogP contribution in [0.4, 0.5) is 4.39 Å². The van der Waals surface area contributed by atoms with E-state index in [1.54, 1.807) is 12.1 Å². The summed E-state index contributed by atoms with van der Waals surface area (Å²) in [6, 6.07) is 11.7. The van der Waals surface area contributed by atoms with Gasteiger partial charge in [0.05, 0.1) is 16.4 Å². The number of rotatable bonds is 3. The summed E-state index contributed by atoms with van der Waals surface area (Å²) < 4.78 is 24.0. The first-order valence-corrected chi connectivity index (χ1v) is 9.10. The molecule has 134 valence electrons. The second-order valence-electron chi connectivity index (χ2n) is 6.15. The van der Waals surface area contributed by atoms with Gasteiger partial charge in [-0.1, -0.05) is 29.8 Å². The molecular weight excluding hydrogens is 375 g/mol. The first-order valence-electron chi connectivity index (χ1n) is 8.32. The van der Waals surface area contributed by atoms with Crippen LogP contribution >= 0.6 is 23.8 Å². The molecule has 0 aliphatic carbocycles. The van der Waals surface area contributed by atoms with E-state index in [1.807, 2.05) is 22.8 Å². The Hall–Kier alpha value is -2.31. The molecule has 4 nitrogen and oxygen atoms in total. The van der Waals surface area contributed by atoms with Gasteiger partial charge in [0, 0.05) is 12.6 Å². The lowest BCUT2D eigenvalue weighted by Gasteiger charge is -2.12. The molecule has 2 aromatic carbocycles. The molecule has 0 atom stereocenters. The van der Waals surface area contributed by atoms with Gasteiger partial charge < -0.3 is 14.4 Å². The van der Waals surface area contributed by atoms with E-state index in [-0.39, 0.29) is 16.6 Å². The molecule has 4 rings (SSSR count). The zero-order chi connectivity index (χ0) is 18.3. The number of aromatic hydroxyl groups is 1. The van der Waals surface area contributed by atoms with Gasteiger partial charge >= 0.3 is 0 Å². The van der Waals surface area contributed by atoms with Crippen LogP contribution in [0.5, 0.6) is 17.4 Å². The highest BCUT2D eigenvalue weighted by molar-refractivity contribution is 7.71. The molecule has 1 N–H and O–H groups in total. The highest BCUT2D eigenvalue weighted by atomic mass is 35.5. The Morgan fingerprint density at radius 2 is 1.92 bits per heavy atom. The summed E-state index contributed by atoms with van der Waals surface area (Å²) in [5.74, 6) is 0.266. The van der Waals surface area contributed by atoms with Crippen LogP contribution in [-0.2, 0) is 13.0 Å². The molecule has 0 unspecified atom stereocenters. The molecule has 3 aromatic rings. The highest BCUT2D eigenvalue weighted by Gasteiger charge is 2.23. The zero-order valence-corrected chi connectivity index (χ0v) is 15.4. The Bertz CT molecular complexity index is 1030. The van der Waals surface area contributed by atoms with Crippen molar-refractivity contribution in [3.63, 3.8) is 0 Å². The normalized spacial score (nSPS) is 13.5. The second kappa shape index (κ2) is 6.78. The van der Waals surface area contributed by atoms with Gasteiger partial charge in [-0.25, -0.2) is 4.39 Å². The standard InChI is InChI=1S/C19H16ClFN2O2S/c20-13-10-14(21)16(11-17(13)25-12-6-2-1-3-7-12)23-18(24)15-8-4-5-9-22(15)19(23)26/h1-3,6-7,10-11,24H,4-5,8-9H2. The quantitative estimate of drug-likeness (QED) is 0.588. The molecule has 0 bridgehead atoms. The number of hydrogen-bond donors (Lipinski definition) is 1. The fraction of sp³-hybridized carbons (Fsp3) is 0.211. The van der Waals surface area contributed by atoms with Gasteiger partial charge in [0.25, 0.3) is 0 Å². The summed E-state index contributed by atoms with van der Waals surface area (Å²) in [5, 5.41) is 10.8. The summed E-state index contributed by atoms with van der Waals surface area (Å²) in [5.41, 5.74) is 0.853. The Labute approximate surface area is 160 Å². The molecule has 0 fully saturated rings. The summed E-state index contributed by atoms with van der Waals surface area (Å²) in [6.07, 6.45) is 2.67. The van der Waals surface area contributed by atoms with Crippen molar-refractivity contribution in [2.24, 2.45) is 0 Å². The molecule has 0 amide bonds. The van der Waals surface area contributed by atoms with Crippen LogP contribution in [0.2, 0.25) is 5.02 Å². The second-order valence-corrected chi connectivity index (χ2v) is 6.92. The number of aromatic nitrogens is 2. The molecule has 2 heterocycles. The van der Waals surface area contributed by atoms with Crippen LogP contribution < -0.4 is 4.74 Å². The number of fused-ring (bicyclic) bond motifs is 1. The molecule has 0 spiro atoms. The Balaban J connectivity index is 1.84. The van der Waals surface area contributed by atoms with Crippen molar-refractivity contribution in [1.82, 2.24) is 9.13 Å². The SMILES string of the molecule is Oc1c2n(c(=S)n1-c1cc(Oc3ccccc3)c(Cl)cc1F)CCCC2. The molecule has 26 heavy (non-hydrogen) atoms. The minimum atomic E-state index is -0.579. The molecular formula is C19H16ClFN2O2S. The third-order valence-corrected chi connectivity index (χ3v) is 5.17. The van der Waals surface area contributed by atoms with Crippen molar-refractivity contribution in [3.05, 3.63) is 63.8 Å². The van der Waals surface area contributed by atoms with E-state index in [0.717, 1.165) is 25.1 Å². The minimum Gasteiger partial charge on any atom is -0.493 e. The van der Waals surface area contributed by atoms with Crippen molar-refractivity contribution >= 4 is 23.8 Å². The average molecular weight is 391 g/mol. The average Bonchev–Trinajstić information content (AvgIpc) is 2.90. The van der Waals surface area contributed by atoms with Crippen molar-refractivity contribution in [3.8, 4) is 23.1 Å². The summed E-state index contributed by atoms with van der Waals surface area (Å²) in [6.45, 7) is 0.720. The molecule has 1 aliphatic rings. The third kappa shape index (κ3) is 2.89. The van der Waals surface area contributed by atoms with Crippen LogP contribution in [-0.4, -0.2) is 14.2 Å². The van der Waals surface area contributed by atoms with E-state index in [0.29, 0.717) is 22.7 Å². The lowest BCUT2D eigenvalue weighted by Crippen LogP contribution is -2.09. The maximum atomic E-state index is 14.7. The van der Waals surface area contributed by atoms with E-state index in [9.17, 15) is 9.50 Å². The number of imidazole rings is 1. The summed E-state index contributed by atoms with van der Waals surface area (Å²) >= 11 is 11.6. The van der Waals surface area contributed by atoms with Gasteiger partial charge in [-0.15, -0.1) is 0 Å². The van der Waals surface area contributed by atoms with E-state index >= 15 is 0 Å². The lowest BCUT2D eigenvalue weighted by atomic mass is 10.1. The van der Waals surface area contributed by atoms with Crippen molar-refractivity contribution in [2.45, 2.75) is 25.8 Å². The van der Waals surface area contributed by atoms with Crippen molar-refractivity contribution in [1.29, 1.82) is 0 Å². The smallest absolute Gasteiger partial charge is 0.218 e. The minimum absolute atomic E-state index is 0.0263. The molecule has 0 saturated carbocycles. The number of nitrogens with zero attached hydrogens (tertiary/aromatic N) is 2. The van der Waals surface area contributed by atoms with Crippen LogP contribution in [0.15, 0.2) is 42.5 Å². The van der Waals surface area contributed by atoms with Gasteiger partial charge in [-0.3, -0.25) is 4.57 Å². The topological polar surface area (TPSA) is 39.3 Å². The third-order valence-electron chi connectivity index (χ3n) is 4.48. The number of para-hydroxylation sites is 1. The molecule has 1 aliphatic heterocycles. The molecule has 1 aromatic heterocycles. The molecule has 7 heteroatoms. The van der Waals surface area contributed by atoms with Crippen LogP contribution in [0, 0.1) is 10.6 Å². The monoisotopic (exact) mass is 390 g/mol. The lowest BCUT2D eigenvalue weighted by molar-refractivity contribution is 0.423. The molecule has 0 radical (unpaired) electrons. The number of ether oxygens (including phenoxy) is 1. The maximum Gasteiger partial charge on any atom is 0.218 e. The first kappa shape index (κ1) is 17.1. The number of halogens is 2. The van der Waals surface area contributed by atoms with Crippen LogP contribution in [0.1, 0.15) is 18.5 Å². The van der Waals surface area contributed by atoms with Crippen molar-refractivity contribution in [2.75, 3.05) is 0 Å². The van der Waals surface area contributed by atoms with E-state index < -0.39 is 5.82 Å². The summed E-state index contributed by atoms with van der Waals surface area (Å²) in [4.78, 5) is 0. The van der Waals surface area contributed by atoms with Crippen LogP contribution in [0.3, 0.4) is 0 Å². The van der Waals surface area contributed by atoms with Crippen molar-refractivity contribution < 1.29 is 14.2 Å². The Morgan fingerprint density at radius 1 is 1.15 bits per heavy atom. The fourth-order valence-corrected chi connectivity index (χ4v) is 3.79. The van der Waals surface area contributed by atoms with E-state index in [4.69, 9.17) is 28.6 Å². The largest absolute Gasteiger partial charge is 0.493 e. The highest BCUT2D eigenvalue weighted by Crippen LogP contribution is 2.36. The van der Waals surface area contributed by atoms with E-state index in [2.05, 4.69) is 0 Å². The number of benzene rings is 2. The predicted molar refractivity (Wildman–Crippen MR) is 101 cm³/mol. The zero-order valence-electron chi connectivity index (χ0n) is 13.8. The molecule has 0 saturated heterocycles. The summed E-state index contributed by atoms with van der Waals surface area (Å²) in [7, 11) is 0. The van der Waals surface area contributed by atoms with Crippen LogP contribution in [0.25, 0.3) is 5.69 Å². The van der Waals surface area contributed by atoms with E-state index in [1.165, 1.54) is 16.7 Å². The number of hydrogen-bond acceptors (Lipinski definition) is 3. The predicted octanol–water partition coefficient (Wildman–Crippen LogP) is 5.63. The Kier molecular flexibility index (Phi) is 4.46. The fourth-order valence-electron chi connectivity index (χ4n) is 3.22. The van der Waals surface area contributed by atoms with Gasteiger partial charge in [-0.2, -0.15) is 0 Å². The van der Waals surface area contributed by atoms with Gasteiger partial charge in [-0.05, 0) is 49.7 Å².